The maximum atomic E-state index is 12.7. The van der Waals surface area contributed by atoms with E-state index < -0.39 is 12.1 Å². The van der Waals surface area contributed by atoms with Crippen molar-refractivity contribution in [2.24, 2.45) is 0 Å². The predicted molar refractivity (Wildman–Crippen MR) is 129 cm³/mol. The van der Waals surface area contributed by atoms with Gasteiger partial charge in [-0.05, 0) is 67.9 Å². The lowest BCUT2D eigenvalue weighted by molar-refractivity contribution is -0.123. The molecule has 8 heteroatoms. The number of amides is 1. The molecule has 8 nitrogen and oxygen atoms in total. The van der Waals surface area contributed by atoms with Crippen LogP contribution in [0.25, 0.3) is 0 Å². The number of ether oxygens (including phenoxy) is 4. The minimum Gasteiger partial charge on any atom is -0.497 e. The van der Waals surface area contributed by atoms with Gasteiger partial charge in [0, 0.05) is 13.7 Å². The predicted octanol–water partition coefficient (Wildman–Crippen LogP) is 2.80. The molecule has 1 fully saturated rings. The summed E-state index contributed by atoms with van der Waals surface area (Å²) in [6, 6.07) is 14.1. The number of carbonyl (C=O) groups is 1. The van der Waals surface area contributed by atoms with E-state index in [0.717, 1.165) is 37.2 Å². The van der Waals surface area contributed by atoms with Crippen molar-refractivity contribution in [2.75, 3.05) is 53.7 Å². The summed E-state index contributed by atoms with van der Waals surface area (Å²) in [6.45, 7) is 3.77. The summed E-state index contributed by atoms with van der Waals surface area (Å²) in [5.74, 6) is 1.98. The van der Waals surface area contributed by atoms with E-state index in [1.54, 1.807) is 26.4 Å². The fourth-order valence-electron chi connectivity index (χ4n) is 3.92. The standard InChI is InChI=1S/C26H36N2O6/c1-31-17-18-34-22-7-5-20(6-8-22)26(30)24(19-28-14-3-4-15-28)27-25(29)13-16-33-23-11-9-21(32-2)10-12-23/h5-12,24,26,30H,3-4,13-19H2,1-2H3,(H,27,29)/t24-,26-/m1/s1. The SMILES string of the molecule is COCCOc1ccc([C@@H](O)[C@@H](CN2CCCC2)NC(=O)CCOc2ccc(OC)cc2)cc1. The molecule has 186 valence electrons. The topological polar surface area (TPSA) is 89.5 Å². The molecule has 0 aromatic heterocycles. The number of nitrogens with zero attached hydrogens (tertiary/aromatic N) is 1. The van der Waals surface area contributed by atoms with Crippen molar-refractivity contribution in [2.45, 2.75) is 31.4 Å². The minimum atomic E-state index is -0.833. The summed E-state index contributed by atoms with van der Waals surface area (Å²) in [5, 5.41) is 14.1. The van der Waals surface area contributed by atoms with Crippen LogP contribution in [0.1, 0.15) is 30.9 Å². The molecule has 1 amide bonds. The van der Waals surface area contributed by atoms with Gasteiger partial charge in [0.15, 0.2) is 0 Å². The first-order valence-corrected chi connectivity index (χ1v) is 11.8. The molecule has 0 saturated carbocycles. The highest BCUT2D eigenvalue weighted by Crippen LogP contribution is 2.23. The number of likely N-dealkylation sites (tertiary alicyclic amines) is 1. The van der Waals surface area contributed by atoms with Crippen molar-refractivity contribution in [3.05, 3.63) is 54.1 Å². The molecule has 2 N–H and O–H groups in total. The van der Waals surface area contributed by atoms with Crippen molar-refractivity contribution in [3.8, 4) is 17.2 Å². The molecule has 0 unspecified atom stereocenters. The zero-order chi connectivity index (χ0) is 24.2. The Balaban J connectivity index is 1.55. The molecular weight excluding hydrogens is 436 g/mol. The number of nitrogens with one attached hydrogen (secondary N) is 1. The monoisotopic (exact) mass is 472 g/mol. The molecular formula is C26H36N2O6. The molecule has 0 bridgehead atoms. The summed E-state index contributed by atoms with van der Waals surface area (Å²) < 4.78 is 21.4. The highest BCUT2D eigenvalue weighted by atomic mass is 16.5. The number of aliphatic hydroxyl groups excluding tert-OH is 1. The summed E-state index contributed by atoms with van der Waals surface area (Å²) in [4.78, 5) is 15.0. The number of benzene rings is 2. The number of hydrogen-bond donors (Lipinski definition) is 2. The number of hydrogen-bond acceptors (Lipinski definition) is 7. The molecule has 1 aliphatic heterocycles. The molecule has 0 spiro atoms. The number of aliphatic hydroxyl groups is 1. The fourth-order valence-corrected chi connectivity index (χ4v) is 3.92. The van der Waals surface area contributed by atoms with Gasteiger partial charge in [-0.15, -0.1) is 0 Å². The smallest absolute Gasteiger partial charge is 0.223 e. The largest absolute Gasteiger partial charge is 0.497 e. The van der Waals surface area contributed by atoms with Crippen LogP contribution in [-0.2, 0) is 9.53 Å². The van der Waals surface area contributed by atoms with E-state index >= 15 is 0 Å². The fraction of sp³-hybridized carbons (Fsp3) is 0.500. The Morgan fingerprint density at radius 2 is 1.50 bits per heavy atom. The second-order valence-corrected chi connectivity index (χ2v) is 8.31. The van der Waals surface area contributed by atoms with Gasteiger partial charge in [-0.25, -0.2) is 0 Å². The first-order chi connectivity index (χ1) is 16.6. The van der Waals surface area contributed by atoms with Crippen molar-refractivity contribution in [3.63, 3.8) is 0 Å². The van der Waals surface area contributed by atoms with Gasteiger partial charge in [0.2, 0.25) is 5.91 Å². The average molecular weight is 473 g/mol. The van der Waals surface area contributed by atoms with Crippen LogP contribution in [0, 0.1) is 0 Å². The molecule has 2 aromatic rings. The van der Waals surface area contributed by atoms with Crippen LogP contribution in [0.15, 0.2) is 48.5 Å². The van der Waals surface area contributed by atoms with Crippen LogP contribution in [0.5, 0.6) is 17.2 Å². The van der Waals surface area contributed by atoms with Crippen LogP contribution in [0.3, 0.4) is 0 Å². The normalized spacial score (nSPS) is 15.5. The van der Waals surface area contributed by atoms with Gasteiger partial charge in [-0.2, -0.15) is 0 Å². The van der Waals surface area contributed by atoms with Crippen molar-refractivity contribution < 1.29 is 28.8 Å². The lowest BCUT2D eigenvalue weighted by Crippen LogP contribution is -2.47. The van der Waals surface area contributed by atoms with E-state index in [4.69, 9.17) is 18.9 Å². The van der Waals surface area contributed by atoms with Gasteiger partial charge in [-0.1, -0.05) is 12.1 Å². The molecule has 0 aliphatic carbocycles. The number of rotatable bonds is 14. The molecule has 0 radical (unpaired) electrons. The molecule has 1 saturated heterocycles. The van der Waals surface area contributed by atoms with Gasteiger partial charge >= 0.3 is 0 Å². The number of methoxy groups -OCH3 is 2. The van der Waals surface area contributed by atoms with Gasteiger partial charge in [0.05, 0.1) is 32.8 Å². The Morgan fingerprint density at radius 1 is 0.912 bits per heavy atom. The lowest BCUT2D eigenvalue weighted by Gasteiger charge is -2.29. The summed E-state index contributed by atoms with van der Waals surface area (Å²) in [5.41, 5.74) is 0.734. The van der Waals surface area contributed by atoms with Crippen LogP contribution in [0.4, 0.5) is 0 Å². The molecule has 2 atom stereocenters. The molecule has 2 aromatic carbocycles. The van der Waals surface area contributed by atoms with Gasteiger partial charge in [-0.3, -0.25) is 4.79 Å². The van der Waals surface area contributed by atoms with Crippen LogP contribution in [-0.4, -0.2) is 75.6 Å². The Morgan fingerprint density at radius 3 is 2.12 bits per heavy atom. The summed E-state index contributed by atoms with van der Waals surface area (Å²) in [7, 11) is 3.24. The molecule has 34 heavy (non-hydrogen) atoms. The maximum absolute atomic E-state index is 12.7. The maximum Gasteiger partial charge on any atom is 0.223 e. The second-order valence-electron chi connectivity index (χ2n) is 8.31. The Hall–Kier alpha value is -2.81. The molecule has 1 heterocycles. The second kappa shape index (κ2) is 13.8. The quantitative estimate of drug-likeness (QED) is 0.409. The Bertz CT molecular complexity index is 853. The van der Waals surface area contributed by atoms with E-state index in [2.05, 4.69) is 10.2 Å². The van der Waals surface area contributed by atoms with E-state index in [-0.39, 0.29) is 18.9 Å². The van der Waals surface area contributed by atoms with Crippen molar-refractivity contribution >= 4 is 5.91 Å². The zero-order valence-electron chi connectivity index (χ0n) is 20.1. The summed E-state index contributed by atoms with van der Waals surface area (Å²) >= 11 is 0. The highest BCUT2D eigenvalue weighted by Gasteiger charge is 2.26. The minimum absolute atomic E-state index is 0.156. The first-order valence-electron chi connectivity index (χ1n) is 11.8. The van der Waals surface area contributed by atoms with Crippen molar-refractivity contribution in [1.29, 1.82) is 0 Å². The third kappa shape index (κ3) is 8.20. The van der Waals surface area contributed by atoms with E-state index in [1.165, 1.54) is 0 Å². The highest BCUT2D eigenvalue weighted by molar-refractivity contribution is 5.76. The zero-order valence-corrected chi connectivity index (χ0v) is 20.1. The third-order valence-corrected chi connectivity index (χ3v) is 5.82. The average Bonchev–Trinajstić information content (AvgIpc) is 3.37. The number of carbonyl (C=O) groups excluding carboxylic acids is 1. The van der Waals surface area contributed by atoms with Gasteiger partial charge < -0.3 is 34.3 Å². The Kier molecular flexibility index (Phi) is 10.5. The Labute approximate surface area is 201 Å². The summed E-state index contributed by atoms with van der Waals surface area (Å²) in [6.07, 6.45) is 1.64. The van der Waals surface area contributed by atoms with E-state index in [9.17, 15) is 9.90 Å². The van der Waals surface area contributed by atoms with Crippen LogP contribution < -0.4 is 19.5 Å². The van der Waals surface area contributed by atoms with Crippen LogP contribution >= 0.6 is 0 Å². The third-order valence-electron chi connectivity index (χ3n) is 5.82. The molecule has 1 aliphatic rings. The van der Waals surface area contributed by atoms with E-state index in [1.807, 2.05) is 36.4 Å². The van der Waals surface area contributed by atoms with Gasteiger partial charge in [0.1, 0.15) is 30.0 Å². The van der Waals surface area contributed by atoms with E-state index in [0.29, 0.717) is 31.3 Å². The first kappa shape index (κ1) is 25.8. The van der Waals surface area contributed by atoms with Crippen molar-refractivity contribution in [1.82, 2.24) is 10.2 Å². The van der Waals surface area contributed by atoms with Crippen LogP contribution in [0.2, 0.25) is 0 Å². The molecule has 3 rings (SSSR count). The van der Waals surface area contributed by atoms with Gasteiger partial charge in [0.25, 0.3) is 0 Å². The lowest BCUT2D eigenvalue weighted by atomic mass is 10.0.